The average molecular weight is 293 g/mol. The van der Waals surface area contributed by atoms with E-state index in [0.29, 0.717) is 12.5 Å². The van der Waals surface area contributed by atoms with Crippen LogP contribution in [0.4, 0.5) is 4.39 Å². The molecule has 2 rings (SSSR count). The van der Waals surface area contributed by atoms with Crippen LogP contribution in [-0.4, -0.2) is 23.5 Å². The summed E-state index contributed by atoms with van der Waals surface area (Å²) < 4.78 is 13.8. The van der Waals surface area contributed by atoms with Crippen LogP contribution < -0.4 is 5.32 Å². The normalized spacial score (nSPS) is 21.8. The molecule has 4 nitrogen and oxygen atoms in total. The largest absolute Gasteiger partial charge is 0.478 e. The number of rotatable bonds is 4. The van der Waals surface area contributed by atoms with Crippen LogP contribution in [0.3, 0.4) is 0 Å². The van der Waals surface area contributed by atoms with Crippen LogP contribution in [0.2, 0.25) is 0 Å². The molecule has 0 bridgehead atoms. The number of hydrogen-bond donors (Lipinski definition) is 2. The second kappa shape index (κ2) is 6.70. The molecule has 2 N–H and O–H groups in total. The molecule has 0 aliphatic heterocycles. The molecule has 1 aromatic rings. The number of nitrogens with one attached hydrogen (secondary N) is 1. The minimum absolute atomic E-state index is 0.107. The van der Waals surface area contributed by atoms with Crippen molar-refractivity contribution < 1.29 is 19.1 Å². The Balaban J connectivity index is 1.93. The highest BCUT2D eigenvalue weighted by Crippen LogP contribution is 2.27. The number of carbonyl (C=O) groups excluding carboxylic acids is 1. The van der Waals surface area contributed by atoms with Crippen LogP contribution in [0.5, 0.6) is 0 Å². The van der Waals surface area contributed by atoms with Crippen molar-refractivity contribution in [1.29, 1.82) is 0 Å². The van der Waals surface area contributed by atoms with Crippen LogP contribution in [0.25, 0.3) is 0 Å². The predicted molar refractivity (Wildman–Crippen MR) is 76.8 cm³/mol. The van der Waals surface area contributed by atoms with Gasteiger partial charge < -0.3 is 10.4 Å². The zero-order valence-electron chi connectivity index (χ0n) is 12.1. The Hall–Kier alpha value is -1.91. The molecular formula is C16H20FNO3. The molecule has 114 valence electrons. The van der Waals surface area contributed by atoms with Crippen molar-refractivity contribution in [3.8, 4) is 0 Å². The van der Waals surface area contributed by atoms with Crippen molar-refractivity contribution in [2.24, 2.45) is 11.8 Å². The summed E-state index contributed by atoms with van der Waals surface area (Å²) in [6.45, 7) is 2.78. The number of amides is 1. The molecule has 1 aliphatic carbocycles. The third-order valence-corrected chi connectivity index (χ3v) is 4.15. The number of aromatic carboxylic acids is 1. The Labute approximate surface area is 123 Å². The van der Waals surface area contributed by atoms with Gasteiger partial charge >= 0.3 is 5.97 Å². The highest BCUT2D eigenvalue weighted by Gasteiger charge is 2.20. The van der Waals surface area contributed by atoms with Crippen LogP contribution in [0, 0.1) is 17.7 Å². The molecule has 0 spiro atoms. The molecule has 1 aliphatic rings. The van der Waals surface area contributed by atoms with E-state index in [1.54, 1.807) is 0 Å². The maximum absolute atomic E-state index is 13.8. The van der Waals surface area contributed by atoms with Gasteiger partial charge in [-0.3, -0.25) is 4.79 Å². The van der Waals surface area contributed by atoms with Crippen LogP contribution >= 0.6 is 0 Å². The molecule has 1 aromatic carbocycles. The third-order valence-electron chi connectivity index (χ3n) is 4.15. The highest BCUT2D eigenvalue weighted by atomic mass is 19.1. The van der Waals surface area contributed by atoms with E-state index in [2.05, 4.69) is 12.2 Å². The quantitative estimate of drug-likeness (QED) is 0.896. The average Bonchev–Trinajstić information content (AvgIpc) is 2.46. The van der Waals surface area contributed by atoms with E-state index in [1.165, 1.54) is 25.0 Å². The van der Waals surface area contributed by atoms with E-state index < -0.39 is 17.7 Å². The van der Waals surface area contributed by atoms with E-state index in [4.69, 9.17) is 5.11 Å². The van der Waals surface area contributed by atoms with Crippen LogP contribution in [0.15, 0.2) is 18.2 Å². The summed E-state index contributed by atoms with van der Waals surface area (Å²) in [5, 5.41) is 11.5. The standard InChI is InChI=1S/C16H20FNO3/c1-10-2-4-11(5-3-10)9-18-15(19)13-7-6-12(16(20)21)8-14(13)17/h6-8,10-11H,2-5,9H2,1H3,(H,18,19)(H,20,21). The van der Waals surface area contributed by atoms with Crippen molar-refractivity contribution >= 4 is 11.9 Å². The van der Waals surface area contributed by atoms with Gasteiger partial charge in [0.2, 0.25) is 0 Å². The summed E-state index contributed by atoms with van der Waals surface area (Å²) in [4.78, 5) is 22.7. The molecule has 0 saturated heterocycles. The van der Waals surface area contributed by atoms with E-state index in [9.17, 15) is 14.0 Å². The smallest absolute Gasteiger partial charge is 0.335 e. The molecule has 0 heterocycles. The van der Waals surface area contributed by atoms with E-state index in [0.717, 1.165) is 24.8 Å². The van der Waals surface area contributed by atoms with Gasteiger partial charge in [0.1, 0.15) is 5.82 Å². The lowest BCUT2D eigenvalue weighted by Crippen LogP contribution is -2.31. The molecule has 1 fully saturated rings. The summed E-state index contributed by atoms with van der Waals surface area (Å²) in [6.07, 6.45) is 4.51. The van der Waals surface area contributed by atoms with Crippen LogP contribution in [-0.2, 0) is 0 Å². The monoisotopic (exact) mass is 293 g/mol. The fraction of sp³-hybridized carbons (Fsp3) is 0.500. The van der Waals surface area contributed by atoms with Crippen molar-refractivity contribution in [3.63, 3.8) is 0 Å². The molecule has 5 heteroatoms. The predicted octanol–water partition coefficient (Wildman–Crippen LogP) is 3.08. The van der Waals surface area contributed by atoms with Gasteiger partial charge in [0, 0.05) is 6.54 Å². The van der Waals surface area contributed by atoms with Gasteiger partial charge in [0.25, 0.3) is 5.91 Å². The van der Waals surface area contributed by atoms with Crippen molar-refractivity contribution in [2.75, 3.05) is 6.54 Å². The fourth-order valence-corrected chi connectivity index (χ4v) is 2.70. The van der Waals surface area contributed by atoms with Gasteiger partial charge in [-0.1, -0.05) is 19.8 Å². The molecule has 1 saturated carbocycles. The maximum Gasteiger partial charge on any atom is 0.335 e. The van der Waals surface area contributed by atoms with E-state index >= 15 is 0 Å². The summed E-state index contributed by atoms with van der Waals surface area (Å²) in [6, 6.07) is 3.33. The lowest BCUT2D eigenvalue weighted by Gasteiger charge is -2.26. The SMILES string of the molecule is CC1CCC(CNC(=O)c2ccc(C(=O)O)cc2F)CC1. The van der Waals surface area contributed by atoms with Gasteiger partial charge in [0.05, 0.1) is 11.1 Å². The number of carboxylic acids is 1. The lowest BCUT2D eigenvalue weighted by atomic mass is 9.83. The summed E-state index contributed by atoms with van der Waals surface area (Å²) in [7, 11) is 0. The summed E-state index contributed by atoms with van der Waals surface area (Å²) in [5.74, 6) is -1.30. The number of carboxylic acid groups (broad SMARTS) is 1. The first kappa shape index (κ1) is 15.5. The zero-order valence-corrected chi connectivity index (χ0v) is 12.1. The molecular weight excluding hydrogens is 273 g/mol. The Morgan fingerprint density at radius 1 is 1.29 bits per heavy atom. The van der Waals surface area contributed by atoms with Gasteiger partial charge in [0.15, 0.2) is 0 Å². The Morgan fingerprint density at radius 2 is 1.95 bits per heavy atom. The minimum atomic E-state index is -1.21. The molecule has 0 unspecified atom stereocenters. The molecule has 1 amide bonds. The number of hydrogen-bond acceptors (Lipinski definition) is 2. The highest BCUT2D eigenvalue weighted by molar-refractivity contribution is 5.96. The van der Waals surface area contributed by atoms with Gasteiger partial charge in [-0.15, -0.1) is 0 Å². The fourth-order valence-electron chi connectivity index (χ4n) is 2.70. The minimum Gasteiger partial charge on any atom is -0.478 e. The Morgan fingerprint density at radius 3 is 2.52 bits per heavy atom. The van der Waals surface area contributed by atoms with E-state index in [-0.39, 0.29) is 11.1 Å². The summed E-state index contributed by atoms with van der Waals surface area (Å²) >= 11 is 0. The molecule has 21 heavy (non-hydrogen) atoms. The number of halogens is 1. The van der Waals surface area contributed by atoms with Crippen molar-refractivity contribution in [1.82, 2.24) is 5.32 Å². The maximum atomic E-state index is 13.8. The second-order valence-corrected chi connectivity index (χ2v) is 5.84. The number of benzene rings is 1. The van der Waals surface area contributed by atoms with Crippen molar-refractivity contribution in [3.05, 3.63) is 35.1 Å². The lowest BCUT2D eigenvalue weighted by molar-refractivity contribution is 0.0695. The molecule has 0 atom stereocenters. The van der Waals surface area contributed by atoms with Crippen molar-refractivity contribution in [2.45, 2.75) is 32.6 Å². The second-order valence-electron chi connectivity index (χ2n) is 5.84. The first-order valence-electron chi connectivity index (χ1n) is 7.28. The Kier molecular flexibility index (Phi) is 4.94. The van der Waals surface area contributed by atoms with Gasteiger partial charge in [-0.05, 0) is 42.9 Å². The first-order chi connectivity index (χ1) is 9.97. The van der Waals surface area contributed by atoms with E-state index in [1.807, 2.05) is 0 Å². The zero-order chi connectivity index (χ0) is 15.4. The summed E-state index contributed by atoms with van der Waals surface area (Å²) in [5.41, 5.74) is -0.269. The molecule has 0 aromatic heterocycles. The van der Waals surface area contributed by atoms with Gasteiger partial charge in [-0.25, -0.2) is 9.18 Å². The first-order valence-corrected chi connectivity index (χ1v) is 7.28. The van der Waals surface area contributed by atoms with Crippen LogP contribution in [0.1, 0.15) is 53.3 Å². The third kappa shape index (κ3) is 4.03. The van der Waals surface area contributed by atoms with Gasteiger partial charge in [-0.2, -0.15) is 0 Å². The molecule has 0 radical (unpaired) electrons. The topological polar surface area (TPSA) is 66.4 Å². The Bertz CT molecular complexity index is 536. The number of carbonyl (C=O) groups is 2.